The standard InChI is InChI=1S/C36H28N2/c1-24-28(19-20-33-31-17-8-7-15-29(31)30-16-9-10-18-32(30)35(24)33)26-13-5-6-14-27(23-26)34-21-22-37-36(38-34)25-11-3-2-4-12-25/h2-12,14-24,28H,13H2,1H3. The molecule has 2 nitrogen and oxygen atoms in total. The molecule has 0 spiro atoms. The van der Waals surface area contributed by atoms with Crippen LogP contribution in [0.3, 0.4) is 0 Å². The van der Waals surface area contributed by atoms with Gasteiger partial charge in [0, 0.05) is 23.3 Å². The van der Waals surface area contributed by atoms with Crippen LogP contribution in [0.25, 0.3) is 44.6 Å². The molecule has 2 heteroatoms. The average Bonchev–Trinajstić information content (AvgIpc) is 3.24. The number of hydrogen-bond donors (Lipinski definition) is 0. The van der Waals surface area contributed by atoms with Crippen LogP contribution in [0.15, 0.2) is 127 Å². The van der Waals surface area contributed by atoms with Gasteiger partial charge in [-0.1, -0.05) is 128 Å². The molecule has 0 N–H and O–H groups in total. The molecular weight excluding hydrogens is 460 g/mol. The van der Waals surface area contributed by atoms with Gasteiger partial charge in [-0.25, -0.2) is 9.97 Å². The Morgan fingerprint density at radius 1 is 0.763 bits per heavy atom. The molecule has 5 aromatic rings. The van der Waals surface area contributed by atoms with Crippen LogP contribution >= 0.6 is 0 Å². The highest BCUT2D eigenvalue weighted by Gasteiger charge is 2.28. The largest absolute Gasteiger partial charge is 0.237 e. The highest BCUT2D eigenvalue weighted by atomic mass is 14.9. The van der Waals surface area contributed by atoms with E-state index in [4.69, 9.17) is 4.98 Å². The van der Waals surface area contributed by atoms with Crippen LogP contribution in [0, 0.1) is 5.92 Å². The van der Waals surface area contributed by atoms with E-state index in [0.717, 1.165) is 29.1 Å². The summed E-state index contributed by atoms with van der Waals surface area (Å²) >= 11 is 0. The van der Waals surface area contributed by atoms with Crippen molar-refractivity contribution in [3.63, 3.8) is 0 Å². The fraction of sp³-hybridized carbons (Fsp3) is 0.111. The average molecular weight is 489 g/mol. The lowest BCUT2D eigenvalue weighted by atomic mass is 9.73. The van der Waals surface area contributed by atoms with Crippen molar-refractivity contribution in [3.05, 3.63) is 144 Å². The zero-order valence-electron chi connectivity index (χ0n) is 21.4. The molecule has 38 heavy (non-hydrogen) atoms. The Morgan fingerprint density at radius 2 is 1.47 bits per heavy atom. The Labute approximate surface area is 223 Å². The fourth-order valence-corrected chi connectivity index (χ4v) is 6.18. The van der Waals surface area contributed by atoms with E-state index in [-0.39, 0.29) is 0 Å². The molecule has 2 aliphatic carbocycles. The second kappa shape index (κ2) is 9.39. The first-order chi connectivity index (χ1) is 18.8. The van der Waals surface area contributed by atoms with E-state index in [1.165, 1.54) is 38.2 Å². The second-order valence-electron chi connectivity index (χ2n) is 10.2. The summed E-state index contributed by atoms with van der Waals surface area (Å²) in [4.78, 5) is 9.48. The van der Waals surface area contributed by atoms with Gasteiger partial charge in [-0.2, -0.15) is 0 Å². The van der Waals surface area contributed by atoms with E-state index < -0.39 is 0 Å². The summed E-state index contributed by atoms with van der Waals surface area (Å²) in [6.07, 6.45) is 16.6. The lowest BCUT2D eigenvalue weighted by molar-refractivity contribution is 0.605. The highest BCUT2D eigenvalue weighted by Crippen LogP contribution is 2.46. The maximum Gasteiger partial charge on any atom is 0.159 e. The third kappa shape index (κ3) is 3.81. The Bertz CT molecular complexity index is 1800. The lowest BCUT2D eigenvalue weighted by Gasteiger charge is -2.31. The van der Waals surface area contributed by atoms with Crippen LogP contribution < -0.4 is 0 Å². The van der Waals surface area contributed by atoms with Gasteiger partial charge in [0.15, 0.2) is 5.82 Å². The molecule has 2 aliphatic rings. The normalized spacial score (nSPS) is 18.7. The number of fused-ring (bicyclic) bond motifs is 6. The Kier molecular flexibility index (Phi) is 5.59. The van der Waals surface area contributed by atoms with Gasteiger partial charge < -0.3 is 0 Å². The van der Waals surface area contributed by atoms with Gasteiger partial charge in [-0.15, -0.1) is 0 Å². The number of rotatable bonds is 3. The summed E-state index contributed by atoms with van der Waals surface area (Å²) in [5.74, 6) is 1.42. The molecule has 0 saturated carbocycles. The number of benzene rings is 4. The van der Waals surface area contributed by atoms with Gasteiger partial charge in [0.25, 0.3) is 0 Å². The van der Waals surface area contributed by atoms with Crippen LogP contribution in [0.5, 0.6) is 0 Å². The van der Waals surface area contributed by atoms with E-state index in [2.05, 4.69) is 109 Å². The van der Waals surface area contributed by atoms with Crippen LogP contribution in [-0.2, 0) is 0 Å². The highest BCUT2D eigenvalue weighted by molar-refractivity contribution is 6.13. The van der Waals surface area contributed by atoms with Crippen LogP contribution in [0.1, 0.15) is 36.1 Å². The zero-order chi connectivity index (χ0) is 25.5. The minimum absolute atomic E-state index is 0.314. The molecule has 4 aromatic carbocycles. The summed E-state index contributed by atoms with van der Waals surface area (Å²) in [5, 5.41) is 5.38. The molecular formula is C36H28N2. The van der Waals surface area contributed by atoms with Crippen molar-refractivity contribution in [2.24, 2.45) is 5.92 Å². The van der Waals surface area contributed by atoms with Crippen molar-refractivity contribution in [2.75, 3.05) is 0 Å². The first-order valence-corrected chi connectivity index (χ1v) is 13.4. The van der Waals surface area contributed by atoms with Gasteiger partial charge in [0.1, 0.15) is 0 Å². The Balaban J connectivity index is 1.32. The van der Waals surface area contributed by atoms with Crippen molar-refractivity contribution in [1.29, 1.82) is 0 Å². The molecule has 1 aromatic heterocycles. The molecule has 1 heterocycles. The number of allylic oxidation sites excluding steroid dienone is 7. The fourth-order valence-electron chi connectivity index (χ4n) is 6.18. The molecule has 0 aliphatic heterocycles. The monoisotopic (exact) mass is 488 g/mol. The molecule has 7 rings (SSSR count). The van der Waals surface area contributed by atoms with E-state index >= 15 is 0 Å². The molecule has 182 valence electrons. The summed E-state index contributed by atoms with van der Waals surface area (Å²) < 4.78 is 0. The van der Waals surface area contributed by atoms with E-state index in [1.807, 2.05) is 30.5 Å². The van der Waals surface area contributed by atoms with Crippen LogP contribution in [-0.4, -0.2) is 9.97 Å². The molecule has 0 radical (unpaired) electrons. The first-order valence-electron chi connectivity index (χ1n) is 13.4. The maximum absolute atomic E-state index is 4.94. The first kappa shape index (κ1) is 22.6. The van der Waals surface area contributed by atoms with Crippen LogP contribution in [0.4, 0.5) is 0 Å². The minimum Gasteiger partial charge on any atom is -0.237 e. The summed E-state index contributed by atoms with van der Waals surface area (Å²) in [6.45, 7) is 2.39. The molecule has 0 saturated heterocycles. The third-order valence-corrected chi connectivity index (χ3v) is 8.00. The third-order valence-electron chi connectivity index (χ3n) is 8.00. The number of aromatic nitrogens is 2. The number of nitrogens with zero attached hydrogens (tertiary/aromatic N) is 2. The van der Waals surface area contributed by atoms with Crippen molar-refractivity contribution < 1.29 is 0 Å². The van der Waals surface area contributed by atoms with Crippen molar-refractivity contribution in [1.82, 2.24) is 9.97 Å². The quantitative estimate of drug-likeness (QED) is 0.237. The second-order valence-corrected chi connectivity index (χ2v) is 10.2. The topological polar surface area (TPSA) is 25.8 Å². The summed E-state index contributed by atoms with van der Waals surface area (Å²) in [7, 11) is 0. The van der Waals surface area contributed by atoms with Crippen molar-refractivity contribution in [3.8, 4) is 11.4 Å². The van der Waals surface area contributed by atoms with Gasteiger partial charge in [-0.3, -0.25) is 0 Å². The lowest BCUT2D eigenvalue weighted by Crippen LogP contribution is -2.16. The Hall–Kier alpha value is -4.56. The minimum atomic E-state index is 0.314. The molecule has 0 amide bonds. The molecule has 2 unspecified atom stereocenters. The number of hydrogen-bond acceptors (Lipinski definition) is 2. The molecule has 2 atom stereocenters. The molecule has 0 fully saturated rings. The van der Waals surface area contributed by atoms with Gasteiger partial charge in [0.2, 0.25) is 0 Å². The van der Waals surface area contributed by atoms with Crippen molar-refractivity contribution in [2.45, 2.75) is 19.3 Å². The van der Waals surface area contributed by atoms with Crippen LogP contribution in [0.2, 0.25) is 0 Å². The predicted molar refractivity (Wildman–Crippen MR) is 160 cm³/mol. The van der Waals surface area contributed by atoms with Crippen molar-refractivity contribution >= 4 is 33.2 Å². The molecule has 0 bridgehead atoms. The Morgan fingerprint density at radius 3 is 2.29 bits per heavy atom. The van der Waals surface area contributed by atoms with E-state index in [0.29, 0.717) is 11.8 Å². The van der Waals surface area contributed by atoms with Gasteiger partial charge in [0.05, 0.1) is 5.69 Å². The van der Waals surface area contributed by atoms with Gasteiger partial charge in [-0.05, 0) is 51.1 Å². The zero-order valence-corrected chi connectivity index (χ0v) is 21.4. The van der Waals surface area contributed by atoms with E-state index in [9.17, 15) is 0 Å². The van der Waals surface area contributed by atoms with Gasteiger partial charge >= 0.3 is 0 Å². The SMILES string of the molecule is CC1c2c(c3ccccc3c3ccccc23)C=CC1C1=CC(c2ccnc(-c3ccccc3)n2)=CC=CC1. The summed E-state index contributed by atoms with van der Waals surface area (Å²) in [6, 6.07) is 29.9. The smallest absolute Gasteiger partial charge is 0.159 e. The van der Waals surface area contributed by atoms with E-state index in [1.54, 1.807) is 0 Å². The summed E-state index contributed by atoms with van der Waals surface area (Å²) in [5.41, 5.74) is 7.35. The maximum atomic E-state index is 4.94. The predicted octanol–water partition coefficient (Wildman–Crippen LogP) is 9.17.